The fourth-order valence-corrected chi connectivity index (χ4v) is 4.95. The van der Waals surface area contributed by atoms with Crippen LogP contribution < -0.4 is 0 Å². The largest absolute Gasteiger partial charge is 0.430 e. The molecular weight excluding hydrogens is 430 g/mol. The fourth-order valence-electron chi connectivity index (χ4n) is 3.80. The first-order chi connectivity index (χ1) is 14.6. The number of aromatic nitrogens is 1. The third-order valence-electron chi connectivity index (χ3n) is 5.63. The lowest BCUT2D eigenvalue weighted by Gasteiger charge is -2.22. The van der Waals surface area contributed by atoms with Gasteiger partial charge in [-0.2, -0.15) is 0 Å². The SMILES string of the molecule is CCc1sc(-c2ccc(Cl)cc2)nc1/C(C=O)=C(\OC(=O)C(C)(C)C)C1CCC(C)C1. The smallest absolute Gasteiger partial charge is 0.316 e. The lowest BCUT2D eigenvalue weighted by Crippen LogP contribution is -2.25. The van der Waals surface area contributed by atoms with Gasteiger partial charge in [0.1, 0.15) is 10.8 Å². The first-order valence-electron chi connectivity index (χ1n) is 10.8. The average molecular weight is 460 g/mol. The van der Waals surface area contributed by atoms with Crippen molar-refractivity contribution in [2.45, 2.75) is 60.3 Å². The number of esters is 1. The van der Waals surface area contributed by atoms with Crippen molar-refractivity contribution in [3.8, 4) is 10.6 Å². The number of hydrogen-bond donors (Lipinski definition) is 0. The second-order valence-corrected chi connectivity index (χ2v) is 10.8. The number of rotatable bonds is 6. The van der Waals surface area contributed by atoms with E-state index >= 15 is 0 Å². The van der Waals surface area contributed by atoms with Gasteiger partial charge >= 0.3 is 5.97 Å². The number of allylic oxidation sites excluding steroid dienone is 2. The van der Waals surface area contributed by atoms with Crippen molar-refractivity contribution in [1.29, 1.82) is 0 Å². The van der Waals surface area contributed by atoms with Crippen LogP contribution in [-0.2, 0) is 20.7 Å². The highest BCUT2D eigenvalue weighted by molar-refractivity contribution is 7.15. The summed E-state index contributed by atoms with van der Waals surface area (Å²) in [7, 11) is 0. The van der Waals surface area contributed by atoms with Crippen molar-refractivity contribution in [3.63, 3.8) is 0 Å². The molecule has 1 saturated carbocycles. The molecule has 166 valence electrons. The Hall–Kier alpha value is -1.98. The van der Waals surface area contributed by atoms with Crippen molar-refractivity contribution >= 4 is 40.8 Å². The number of carbonyl (C=O) groups is 2. The molecule has 1 aromatic carbocycles. The van der Waals surface area contributed by atoms with Crippen LogP contribution >= 0.6 is 22.9 Å². The summed E-state index contributed by atoms with van der Waals surface area (Å²) in [6, 6.07) is 7.51. The van der Waals surface area contributed by atoms with Crippen LogP contribution in [0, 0.1) is 17.3 Å². The Labute approximate surface area is 193 Å². The molecule has 31 heavy (non-hydrogen) atoms. The van der Waals surface area contributed by atoms with Gasteiger partial charge in [0.25, 0.3) is 0 Å². The van der Waals surface area contributed by atoms with E-state index in [4.69, 9.17) is 21.3 Å². The molecule has 0 amide bonds. The number of carbonyl (C=O) groups excluding carboxylic acids is 2. The van der Waals surface area contributed by atoms with Gasteiger partial charge in [-0.05, 0) is 64.5 Å². The summed E-state index contributed by atoms with van der Waals surface area (Å²) in [5.74, 6) is 0.744. The highest BCUT2D eigenvalue weighted by Gasteiger charge is 2.34. The predicted molar refractivity (Wildman–Crippen MR) is 127 cm³/mol. The number of aryl methyl sites for hydroxylation is 1. The molecule has 0 radical (unpaired) electrons. The van der Waals surface area contributed by atoms with Crippen LogP contribution in [0.4, 0.5) is 0 Å². The zero-order valence-electron chi connectivity index (χ0n) is 18.8. The number of thiazole rings is 1. The van der Waals surface area contributed by atoms with Gasteiger partial charge in [0.15, 0.2) is 6.29 Å². The van der Waals surface area contributed by atoms with E-state index in [1.54, 1.807) is 11.3 Å². The van der Waals surface area contributed by atoms with Crippen molar-refractivity contribution in [2.75, 3.05) is 0 Å². The molecule has 1 aliphatic rings. The molecule has 0 aliphatic heterocycles. The highest BCUT2D eigenvalue weighted by atomic mass is 35.5. The van der Waals surface area contributed by atoms with Gasteiger partial charge in [0, 0.05) is 21.4 Å². The Balaban J connectivity index is 2.12. The first-order valence-corrected chi connectivity index (χ1v) is 12.0. The first kappa shape index (κ1) is 23.7. The van der Waals surface area contributed by atoms with E-state index in [-0.39, 0.29) is 11.9 Å². The predicted octanol–water partition coefficient (Wildman–Crippen LogP) is 6.96. The summed E-state index contributed by atoms with van der Waals surface area (Å²) in [5, 5.41) is 1.49. The summed E-state index contributed by atoms with van der Waals surface area (Å²) in [4.78, 5) is 31.0. The van der Waals surface area contributed by atoms with Gasteiger partial charge in [-0.1, -0.05) is 37.6 Å². The monoisotopic (exact) mass is 459 g/mol. The van der Waals surface area contributed by atoms with Crippen LogP contribution in [0.2, 0.25) is 5.02 Å². The molecule has 0 bridgehead atoms. The minimum atomic E-state index is -0.659. The van der Waals surface area contributed by atoms with E-state index in [0.29, 0.717) is 28.0 Å². The van der Waals surface area contributed by atoms with Crippen LogP contribution in [0.1, 0.15) is 64.5 Å². The van der Waals surface area contributed by atoms with Crippen LogP contribution in [0.5, 0.6) is 0 Å². The van der Waals surface area contributed by atoms with Gasteiger partial charge < -0.3 is 4.74 Å². The number of aldehydes is 1. The molecule has 3 rings (SSSR count). The molecule has 2 atom stereocenters. The number of hydrogen-bond acceptors (Lipinski definition) is 5. The molecular formula is C25H30ClNO3S. The summed E-state index contributed by atoms with van der Waals surface area (Å²) >= 11 is 7.59. The maximum Gasteiger partial charge on any atom is 0.316 e. The maximum absolute atomic E-state index is 12.8. The topological polar surface area (TPSA) is 56.3 Å². The van der Waals surface area contributed by atoms with E-state index in [1.165, 1.54) is 0 Å². The lowest BCUT2D eigenvalue weighted by atomic mass is 9.95. The molecule has 0 saturated heterocycles. The van der Waals surface area contributed by atoms with Gasteiger partial charge in [-0.15, -0.1) is 11.3 Å². The fraction of sp³-hybridized carbons (Fsp3) is 0.480. The van der Waals surface area contributed by atoms with Crippen LogP contribution in [0.25, 0.3) is 16.1 Å². The maximum atomic E-state index is 12.8. The van der Waals surface area contributed by atoms with Crippen molar-refractivity contribution < 1.29 is 14.3 Å². The number of ether oxygens (including phenoxy) is 1. The van der Waals surface area contributed by atoms with Crippen LogP contribution in [-0.4, -0.2) is 17.2 Å². The van der Waals surface area contributed by atoms with Gasteiger partial charge in [-0.3, -0.25) is 9.59 Å². The van der Waals surface area contributed by atoms with Crippen molar-refractivity contribution in [1.82, 2.24) is 4.98 Å². The lowest BCUT2D eigenvalue weighted by molar-refractivity contribution is -0.149. The minimum Gasteiger partial charge on any atom is -0.430 e. The van der Waals surface area contributed by atoms with Gasteiger partial charge in [-0.25, -0.2) is 4.98 Å². The van der Waals surface area contributed by atoms with Gasteiger partial charge in [0.2, 0.25) is 0 Å². The van der Waals surface area contributed by atoms with Crippen molar-refractivity contribution in [2.24, 2.45) is 17.3 Å². The summed E-state index contributed by atoms with van der Waals surface area (Å²) in [5.41, 5.74) is 1.32. The van der Waals surface area contributed by atoms with E-state index in [2.05, 4.69) is 6.92 Å². The summed E-state index contributed by atoms with van der Waals surface area (Å²) < 4.78 is 5.94. The zero-order valence-corrected chi connectivity index (χ0v) is 20.4. The molecule has 2 aromatic rings. The molecule has 4 nitrogen and oxygen atoms in total. The second-order valence-electron chi connectivity index (χ2n) is 9.30. The standard InChI is InChI=1S/C25H30ClNO3S/c1-6-20-21(27-23(31-20)16-9-11-18(26)12-10-16)19(14-28)22(17-8-7-15(2)13-17)30-24(29)25(3,4)5/h9-12,14-15,17H,6-8,13H2,1-5H3/b22-19-. The van der Waals surface area contributed by atoms with Crippen molar-refractivity contribution in [3.05, 3.63) is 45.6 Å². The Morgan fingerprint density at radius 1 is 1.26 bits per heavy atom. The average Bonchev–Trinajstić information content (AvgIpc) is 3.34. The molecule has 1 heterocycles. The van der Waals surface area contributed by atoms with Gasteiger partial charge in [0.05, 0.1) is 16.7 Å². The van der Waals surface area contributed by atoms with E-state index in [9.17, 15) is 9.59 Å². The molecule has 0 N–H and O–H groups in total. The Kier molecular flexibility index (Phi) is 7.38. The molecule has 1 fully saturated rings. The van der Waals surface area contributed by atoms with E-state index in [0.717, 1.165) is 47.4 Å². The minimum absolute atomic E-state index is 0.0480. The van der Waals surface area contributed by atoms with Crippen LogP contribution in [0.3, 0.4) is 0 Å². The number of halogens is 1. The normalized spacial score (nSPS) is 19.8. The van der Waals surface area contributed by atoms with Crippen LogP contribution in [0.15, 0.2) is 30.0 Å². The van der Waals surface area contributed by atoms with E-state index < -0.39 is 5.41 Å². The summed E-state index contributed by atoms with van der Waals surface area (Å²) in [6.07, 6.45) is 4.41. The third kappa shape index (κ3) is 5.45. The second kappa shape index (κ2) is 9.66. The summed E-state index contributed by atoms with van der Waals surface area (Å²) in [6.45, 7) is 9.71. The molecule has 0 spiro atoms. The number of benzene rings is 1. The molecule has 6 heteroatoms. The third-order valence-corrected chi connectivity index (χ3v) is 7.13. The van der Waals surface area contributed by atoms with E-state index in [1.807, 2.05) is 52.0 Å². The molecule has 1 aliphatic carbocycles. The molecule has 1 aromatic heterocycles. The Bertz CT molecular complexity index is 985. The molecule has 2 unspecified atom stereocenters. The number of nitrogens with zero attached hydrogens (tertiary/aromatic N) is 1. The Morgan fingerprint density at radius 3 is 2.45 bits per heavy atom. The highest BCUT2D eigenvalue weighted by Crippen LogP contribution is 2.41. The zero-order chi connectivity index (χ0) is 22.8. The quantitative estimate of drug-likeness (QED) is 0.203. The Morgan fingerprint density at radius 2 is 1.94 bits per heavy atom.